The Morgan fingerprint density at radius 1 is 1.00 bits per heavy atom. The highest BCUT2D eigenvalue weighted by Crippen LogP contribution is 2.24. The van der Waals surface area contributed by atoms with Gasteiger partial charge in [-0.25, -0.2) is 0 Å². The number of ether oxygens (including phenoxy) is 1. The first-order valence-electron chi connectivity index (χ1n) is 5.25. The molecule has 0 saturated heterocycles. The first kappa shape index (κ1) is 12.9. The van der Waals surface area contributed by atoms with Crippen LogP contribution in [0.5, 0.6) is 5.75 Å². The Hall–Kier alpha value is -1.51. The second-order valence-corrected chi connectivity index (χ2v) is 4.50. The standard InChI is InChI=1S/C14H10Cl2O2/c1-18-11-4-2-3-9(7-11)14(17)10-5-6-12(15)13(16)8-10/h2-8H,1H3. The van der Waals surface area contributed by atoms with E-state index in [1.54, 1.807) is 49.6 Å². The van der Waals surface area contributed by atoms with Crippen molar-refractivity contribution in [1.29, 1.82) is 0 Å². The number of ketones is 1. The third-order valence-electron chi connectivity index (χ3n) is 2.51. The topological polar surface area (TPSA) is 26.3 Å². The van der Waals surface area contributed by atoms with E-state index < -0.39 is 0 Å². The molecule has 0 fully saturated rings. The average molecular weight is 281 g/mol. The molecule has 0 heterocycles. The molecule has 2 nitrogen and oxygen atoms in total. The maximum Gasteiger partial charge on any atom is 0.193 e. The predicted molar refractivity (Wildman–Crippen MR) is 72.9 cm³/mol. The van der Waals surface area contributed by atoms with Crippen molar-refractivity contribution in [3.05, 3.63) is 63.6 Å². The minimum Gasteiger partial charge on any atom is -0.497 e. The van der Waals surface area contributed by atoms with Crippen LogP contribution < -0.4 is 4.74 Å². The molecule has 0 aliphatic carbocycles. The van der Waals surface area contributed by atoms with Crippen molar-refractivity contribution in [3.63, 3.8) is 0 Å². The van der Waals surface area contributed by atoms with E-state index in [1.165, 1.54) is 0 Å². The average Bonchev–Trinajstić information content (AvgIpc) is 2.41. The smallest absolute Gasteiger partial charge is 0.193 e. The van der Waals surface area contributed by atoms with Crippen molar-refractivity contribution in [2.24, 2.45) is 0 Å². The van der Waals surface area contributed by atoms with Gasteiger partial charge in [-0.05, 0) is 30.3 Å². The Labute approximate surface area is 115 Å². The van der Waals surface area contributed by atoms with Gasteiger partial charge in [-0.2, -0.15) is 0 Å². The highest BCUT2D eigenvalue weighted by Gasteiger charge is 2.11. The summed E-state index contributed by atoms with van der Waals surface area (Å²) >= 11 is 11.7. The van der Waals surface area contributed by atoms with Gasteiger partial charge in [-0.15, -0.1) is 0 Å². The first-order valence-corrected chi connectivity index (χ1v) is 6.01. The van der Waals surface area contributed by atoms with E-state index in [0.29, 0.717) is 26.9 Å². The Morgan fingerprint density at radius 2 is 1.72 bits per heavy atom. The lowest BCUT2D eigenvalue weighted by Crippen LogP contribution is -2.01. The molecule has 0 radical (unpaired) electrons. The number of carbonyl (C=O) groups excluding carboxylic acids is 1. The van der Waals surface area contributed by atoms with Crippen molar-refractivity contribution in [3.8, 4) is 5.75 Å². The van der Waals surface area contributed by atoms with E-state index in [2.05, 4.69) is 0 Å². The normalized spacial score (nSPS) is 10.2. The van der Waals surface area contributed by atoms with Crippen LogP contribution in [0.15, 0.2) is 42.5 Å². The van der Waals surface area contributed by atoms with Gasteiger partial charge < -0.3 is 4.74 Å². The van der Waals surface area contributed by atoms with E-state index >= 15 is 0 Å². The number of carbonyl (C=O) groups is 1. The van der Waals surface area contributed by atoms with Gasteiger partial charge in [0.1, 0.15) is 5.75 Å². The van der Waals surface area contributed by atoms with E-state index in [-0.39, 0.29) is 5.78 Å². The monoisotopic (exact) mass is 280 g/mol. The molecule has 2 rings (SSSR count). The molecular formula is C14H10Cl2O2. The van der Waals surface area contributed by atoms with Crippen molar-refractivity contribution >= 4 is 29.0 Å². The summed E-state index contributed by atoms with van der Waals surface area (Å²) in [6.07, 6.45) is 0. The first-order chi connectivity index (χ1) is 8.61. The lowest BCUT2D eigenvalue weighted by molar-refractivity contribution is 0.103. The summed E-state index contributed by atoms with van der Waals surface area (Å²) in [7, 11) is 1.56. The third kappa shape index (κ3) is 2.66. The molecule has 92 valence electrons. The Kier molecular flexibility index (Phi) is 3.90. The molecule has 18 heavy (non-hydrogen) atoms. The Morgan fingerprint density at radius 3 is 2.39 bits per heavy atom. The summed E-state index contributed by atoms with van der Waals surface area (Å²) in [5.41, 5.74) is 1.05. The van der Waals surface area contributed by atoms with Crippen LogP contribution in [-0.2, 0) is 0 Å². The minimum absolute atomic E-state index is 0.118. The molecule has 0 N–H and O–H groups in total. The fourth-order valence-corrected chi connectivity index (χ4v) is 1.87. The molecule has 0 saturated carbocycles. The van der Waals surface area contributed by atoms with Crippen LogP contribution in [0.2, 0.25) is 10.0 Å². The summed E-state index contributed by atoms with van der Waals surface area (Å²) in [5, 5.41) is 0.796. The lowest BCUT2D eigenvalue weighted by atomic mass is 10.0. The SMILES string of the molecule is COc1cccc(C(=O)c2ccc(Cl)c(Cl)c2)c1. The molecule has 0 bridgehead atoms. The number of hydrogen-bond acceptors (Lipinski definition) is 2. The molecule has 0 spiro atoms. The van der Waals surface area contributed by atoms with E-state index in [4.69, 9.17) is 27.9 Å². The summed E-state index contributed by atoms with van der Waals surface area (Å²) in [5.74, 6) is 0.522. The quantitative estimate of drug-likeness (QED) is 0.787. The fourth-order valence-electron chi connectivity index (χ4n) is 1.57. The molecule has 2 aromatic rings. The van der Waals surface area contributed by atoms with Crippen molar-refractivity contribution in [2.75, 3.05) is 7.11 Å². The second kappa shape index (κ2) is 5.42. The zero-order valence-corrected chi connectivity index (χ0v) is 11.1. The van der Waals surface area contributed by atoms with Crippen LogP contribution in [0, 0.1) is 0 Å². The van der Waals surface area contributed by atoms with Gasteiger partial charge >= 0.3 is 0 Å². The zero-order chi connectivity index (χ0) is 13.1. The van der Waals surface area contributed by atoms with Crippen LogP contribution in [0.4, 0.5) is 0 Å². The van der Waals surface area contributed by atoms with Gasteiger partial charge in [0.2, 0.25) is 0 Å². The fraction of sp³-hybridized carbons (Fsp3) is 0.0714. The lowest BCUT2D eigenvalue weighted by Gasteiger charge is -2.05. The van der Waals surface area contributed by atoms with Crippen molar-refractivity contribution < 1.29 is 9.53 Å². The van der Waals surface area contributed by atoms with Gasteiger partial charge in [0.25, 0.3) is 0 Å². The summed E-state index contributed by atoms with van der Waals surface area (Å²) in [6.45, 7) is 0. The van der Waals surface area contributed by atoms with Gasteiger partial charge in [0.15, 0.2) is 5.78 Å². The van der Waals surface area contributed by atoms with Crippen LogP contribution >= 0.6 is 23.2 Å². The van der Waals surface area contributed by atoms with Gasteiger partial charge in [-0.1, -0.05) is 35.3 Å². The zero-order valence-electron chi connectivity index (χ0n) is 9.61. The molecule has 2 aromatic carbocycles. The molecule has 0 aromatic heterocycles. The summed E-state index contributed by atoms with van der Waals surface area (Å²) < 4.78 is 5.08. The number of hydrogen-bond donors (Lipinski definition) is 0. The third-order valence-corrected chi connectivity index (χ3v) is 3.25. The molecule has 0 aliphatic heterocycles. The summed E-state index contributed by atoms with van der Waals surface area (Å²) in [4.78, 5) is 12.2. The Bertz CT molecular complexity index is 594. The minimum atomic E-state index is -0.118. The highest BCUT2D eigenvalue weighted by molar-refractivity contribution is 6.42. The van der Waals surface area contributed by atoms with Crippen LogP contribution in [0.3, 0.4) is 0 Å². The highest BCUT2D eigenvalue weighted by atomic mass is 35.5. The molecule has 0 amide bonds. The Balaban J connectivity index is 2.38. The largest absolute Gasteiger partial charge is 0.497 e. The number of rotatable bonds is 3. The maximum atomic E-state index is 12.2. The summed E-state index contributed by atoms with van der Waals surface area (Å²) in [6, 6.07) is 11.8. The number of methoxy groups -OCH3 is 1. The van der Waals surface area contributed by atoms with E-state index in [0.717, 1.165) is 0 Å². The van der Waals surface area contributed by atoms with Crippen LogP contribution in [0.25, 0.3) is 0 Å². The van der Waals surface area contributed by atoms with E-state index in [1.807, 2.05) is 0 Å². The molecule has 0 atom stereocenters. The van der Waals surface area contributed by atoms with Gasteiger partial charge in [0.05, 0.1) is 17.2 Å². The molecule has 4 heteroatoms. The molecule has 0 aliphatic rings. The van der Waals surface area contributed by atoms with Crippen molar-refractivity contribution in [1.82, 2.24) is 0 Å². The van der Waals surface area contributed by atoms with Crippen LogP contribution in [0.1, 0.15) is 15.9 Å². The number of halogens is 2. The number of benzene rings is 2. The maximum absolute atomic E-state index is 12.2. The van der Waals surface area contributed by atoms with Crippen molar-refractivity contribution in [2.45, 2.75) is 0 Å². The molecular weight excluding hydrogens is 271 g/mol. The predicted octanol–water partition coefficient (Wildman–Crippen LogP) is 4.23. The van der Waals surface area contributed by atoms with Gasteiger partial charge in [0, 0.05) is 11.1 Å². The van der Waals surface area contributed by atoms with Gasteiger partial charge in [-0.3, -0.25) is 4.79 Å². The van der Waals surface area contributed by atoms with E-state index in [9.17, 15) is 4.79 Å². The van der Waals surface area contributed by atoms with Crippen LogP contribution in [-0.4, -0.2) is 12.9 Å². The molecule has 0 unspecified atom stereocenters. The second-order valence-electron chi connectivity index (χ2n) is 3.69.